The van der Waals surface area contributed by atoms with Crippen molar-refractivity contribution in [1.29, 1.82) is 0 Å². The van der Waals surface area contributed by atoms with Gasteiger partial charge in [0.1, 0.15) is 6.04 Å². The van der Waals surface area contributed by atoms with Gasteiger partial charge in [-0.1, -0.05) is 30.3 Å². The molecule has 0 aromatic heterocycles. The molecule has 2 rings (SSSR count). The maximum Gasteiger partial charge on any atom is 0.325 e. The van der Waals surface area contributed by atoms with Crippen molar-refractivity contribution in [2.75, 3.05) is 13.7 Å². The Kier molecular flexibility index (Phi) is 4.90. The minimum atomic E-state index is -0.415. The molecule has 1 aliphatic rings. The second-order valence-electron chi connectivity index (χ2n) is 4.33. The Bertz CT molecular complexity index is 409. The van der Waals surface area contributed by atoms with E-state index in [1.165, 1.54) is 7.11 Å². The lowest BCUT2D eigenvalue weighted by atomic mass is 10.2. The van der Waals surface area contributed by atoms with Crippen molar-refractivity contribution < 1.29 is 19.1 Å². The second-order valence-corrected chi connectivity index (χ2v) is 4.33. The molecule has 19 heavy (non-hydrogen) atoms. The van der Waals surface area contributed by atoms with Crippen LogP contribution in [0.2, 0.25) is 0 Å². The molecule has 0 radical (unpaired) electrons. The summed E-state index contributed by atoms with van der Waals surface area (Å²) in [7, 11) is 1.39. The number of carbonyl (C=O) groups is 1. The van der Waals surface area contributed by atoms with Gasteiger partial charge in [0, 0.05) is 13.0 Å². The summed E-state index contributed by atoms with van der Waals surface area (Å²) in [6, 6.07) is 9.44. The first-order valence-electron chi connectivity index (χ1n) is 6.41. The van der Waals surface area contributed by atoms with Gasteiger partial charge in [-0.05, 0) is 12.5 Å². The highest BCUT2D eigenvalue weighted by atomic mass is 16.8. The Morgan fingerprint density at radius 3 is 2.79 bits per heavy atom. The zero-order chi connectivity index (χ0) is 13.7. The molecule has 1 aromatic rings. The van der Waals surface area contributed by atoms with Gasteiger partial charge in [-0.2, -0.15) is 5.06 Å². The molecule has 1 fully saturated rings. The summed E-state index contributed by atoms with van der Waals surface area (Å²) in [5, 5.41) is 1.64. The first-order chi connectivity index (χ1) is 9.24. The molecule has 2 atom stereocenters. The van der Waals surface area contributed by atoms with Gasteiger partial charge in [-0.15, -0.1) is 0 Å². The van der Waals surface area contributed by atoms with Crippen LogP contribution in [-0.2, 0) is 25.7 Å². The molecule has 1 heterocycles. The minimum absolute atomic E-state index is 0.293. The van der Waals surface area contributed by atoms with Gasteiger partial charge >= 0.3 is 5.97 Å². The molecule has 5 heteroatoms. The second kappa shape index (κ2) is 6.65. The van der Waals surface area contributed by atoms with Crippen molar-refractivity contribution in [3.8, 4) is 0 Å². The lowest BCUT2D eigenvalue weighted by Crippen LogP contribution is -2.35. The molecule has 0 spiro atoms. The zero-order valence-electron chi connectivity index (χ0n) is 11.2. The summed E-state index contributed by atoms with van der Waals surface area (Å²) < 4.78 is 10.2. The third kappa shape index (κ3) is 3.53. The molecule has 1 aliphatic heterocycles. The molecule has 0 amide bonds. The van der Waals surface area contributed by atoms with Crippen LogP contribution in [0.25, 0.3) is 0 Å². The van der Waals surface area contributed by atoms with E-state index in [1.54, 1.807) is 5.06 Å². The van der Waals surface area contributed by atoms with Crippen molar-refractivity contribution in [3.05, 3.63) is 35.9 Å². The van der Waals surface area contributed by atoms with Crippen LogP contribution in [0.5, 0.6) is 0 Å². The highest BCUT2D eigenvalue weighted by molar-refractivity contribution is 5.75. The molecule has 0 aliphatic carbocycles. The van der Waals surface area contributed by atoms with Crippen molar-refractivity contribution in [2.24, 2.45) is 0 Å². The first kappa shape index (κ1) is 14.0. The predicted octanol–water partition coefficient (Wildman–Crippen LogP) is 1.73. The molecule has 0 bridgehead atoms. The Labute approximate surface area is 113 Å². The SMILES string of the molecule is CCO[C@H]1C[C@@H](C(=O)OC)N(Cc2ccccc2)O1. The monoisotopic (exact) mass is 265 g/mol. The van der Waals surface area contributed by atoms with E-state index in [-0.39, 0.29) is 12.3 Å². The smallest absolute Gasteiger partial charge is 0.325 e. The van der Waals surface area contributed by atoms with Crippen LogP contribution in [0.1, 0.15) is 18.9 Å². The molecule has 104 valence electrons. The molecule has 0 saturated carbocycles. The molecule has 5 nitrogen and oxygen atoms in total. The summed E-state index contributed by atoms with van der Waals surface area (Å²) in [6.45, 7) is 2.98. The van der Waals surface area contributed by atoms with E-state index in [9.17, 15) is 4.79 Å². The quantitative estimate of drug-likeness (QED) is 0.759. The lowest BCUT2D eigenvalue weighted by Gasteiger charge is -2.20. The van der Waals surface area contributed by atoms with Gasteiger partial charge < -0.3 is 9.47 Å². The Morgan fingerprint density at radius 2 is 2.16 bits per heavy atom. The van der Waals surface area contributed by atoms with Crippen molar-refractivity contribution in [2.45, 2.75) is 32.2 Å². The number of esters is 1. The third-order valence-electron chi connectivity index (χ3n) is 3.02. The van der Waals surface area contributed by atoms with E-state index >= 15 is 0 Å². The maximum absolute atomic E-state index is 11.8. The average molecular weight is 265 g/mol. The number of rotatable bonds is 5. The fourth-order valence-corrected chi connectivity index (χ4v) is 2.11. The van der Waals surface area contributed by atoms with E-state index in [4.69, 9.17) is 14.3 Å². The van der Waals surface area contributed by atoms with Gasteiger partial charge in [0.25, 0.3) is 0 Å². The third-order valence-corrected chi connectivity index (χ3v) is 3.02. The van der Waals surface area contributed by atoms with E-state index in [0.29, 0.717) is 19.6 Å². The summed E-state index contributed by atoms with van der Waals surface area (Å²) in [6.07, 6.45) is 0.116. The van der Waals surface area contributed by atoms with E-state index < -0.39 is 6.04 Å². The number of nitrogens with zero attached hydrogens (tertiary/aromatic N) is 1. The number of hydroxylamine groups is 2. The molecule has 0 N–H and O–H groups in total. The van der Waals surface area contributed by atoms with Crippen molar-refractivity contribution in [3.63, 3.8) is 0 Å². The lowest BCUT2D eigenvalue weighted by molar-refractivity contribution is -0.243. The summed E-state index contributed by atoms with van der Waals surface area (Å²) >= 11 is 0. The number of hydrogen-bond acceptors (Lipinski definition) is 5. The number of methoxy groups -OCH3 is 1. The highest BCUT2D eigenvalue weighted by Gasteiger charge is 2.39. The zero-order valence-corrected chi connectivity index (χ0v) is 11.2. The van der Waals surface area contributed by atoms with Crippen LogP contribution < -0.4 is 0 Å². The average Bonchev–Trinajstić information content (AvgIpc) is 2.82. The van der Waals surface area contributed by atoms with Crippen LogP contribution in [0.4, 0.5) is 0 Å². The van der Waals surface area contributed by atoms with E-state index in [2.05, 4.69) is 0 Å². The molecule has 0 unspecified atom stereocenters. The van der Waals surface area contributed by atoms with E-state index in [1.807, 2.05) is 37.3 Å². The Morgan fingerprint density at radius 1 is 1.42 bits per heavy atom. The first-order valence-corrected chi connectivity index (χ1v) is 6.41. The topological polar surface area (TPSA) is 48.0 Å². The number of hydrogen-bond donors (Lipinski definition) is 0. The van der Waals surface area contributed by atoms with Gasteiger partial charge in [-0.25, -0.2) is 0 Å². The molecule has 1 aromatic carbocycles. The van der Waals surface area contributed by atoms with E-state index in [0.717, 1.165) is 5.56 Å². The van der Waals surface area contributed by atoms with Crippen molar-refractivity contribution >= 4 is 5.97 Å². The Hall–Kier alpha value is -1.43. The molecule has 1 saturated heterocycles. The van der Waals surface area contributed by atoms with Gasteiger partial charge in [0.15, 0.2) is 6.29 Å². The van der Waals surface area contributed by atoms with Gasteiger partial charge in [-0.3, -0.25) is 9.63 Å². The summed E-state index contributed by atoms with van der Waals surface area (Å²) in [5.41, 5.74) is 1.08. The van der Waals surface area contributed by atoms with Crippen LogP contribution in [0.15, 0.2) is 30.3 Å². The fraction of sp³-hybridized carbons (Fsp3) is 0.500. The number of ether oxygens (including phenoxy) is 2. The van der Waals surface area contributed by atoms with Crippen molar-refractivity contribution in [1.82, 2.24) is 5.06 Å². The van der Waals surface area contributed by atoms with Crippen LogP contribution >= 0.6 is 0 Å². The van der Waals surface area contributed by atoms with Crippen LogP contribution in [-0.4, -0.2) is 37.1 Å². The Balaban J connectivity index is 2.05. The number of carbonyl (C=O) groups excluding carboxylic acids is 1. The summed E-state index contributed by atoms with van der Waals surface area (Å²) in [4.78, 5) is 17.4. The van der Waals surface area contributed by atoms with Gasteiger partial charge in [0.05, 0.1) is 13.7 Å². The highest BCUT2D eigenvalue weighted by Crippen LogP contribution is 2.25. The van der Waals surface area contributed by atoms with Crippen LogP contribution in [0.3, 0.4) is 0 Å². The summed E-state index contributed by atoms with van der Waals surface area (Å²) in [5.74, 6) is -0.293. The fourth-order valence-electron chi connectivity index (χ4n) is 2.11. The maximum atomic E-state index is 11.8. The molecular formula is C14H19NO4. The van der Waals surface area contributed by atoms with Crippen LogP contribution in [0, 0.1) is 0 Å². The number of benzene rings is 1. The predicted molar refractivity (Wildman–Crippen MR) is 68.9 cm³/mol. The van der Waals surface area contributed by atoms with Gasteiger partial charge in [0.2, 0.25) is 0 Å². The minimum Gasteiger partial charge on any atom is -0.468 e. The normalized spacial score (nSPS) is 23.5. The molecular weight excluding hydrogens is 246 g/mol. The standard InChI is InChI=1S/C14H19NO4/c1-3-18-13-9-12(14(16)17-2)15(19-13)10-11-7-5-4-6-8-11/h4-8,12-13H,3,9-10H2,1-2H3/t12-,13+/m0/s1. The largest absolute Gasteiger partial charge is 0.468 e.